The van der Waals surface area contributed by atoms with Gasteiger partial charge in [0.15, 0.2) is 6.61 Å². The van der Waals surface area contributed by atoms with Crippen LogP contribution in [0.25, 0.3) is 0 Å². The Labute approximate surface area is 152 Å². The lowest BCUT2D eigenvalue weighted by atomic mass is 9.95. The number of amides is 1. The van der Waals surface area contributed by atoms with Gasteiger partial charge >= 0.3 is 0 Å². The molecule has 1 amide bonds. The molecule has 132 valence electrons. The number of ether oxygens (including phenoxy) is 1. The van der Waals surface area contributed by atoms with Crippen LogP contribution in [-0.4, -0.2) is 33.9 Å². The highest BCUT2D eigenvalue weighted by Gasteiger charge is 2.33. The fraction of sp³-hybridized carbons (Fsp3) is 0.238. The van der Waals surface area contributed by atoms with Crippen LogP contribution in [0.3, 0.4) is 0 Å². The first kappa shape index (κ1) is 16.4. The van der Waals surface area contributed by atoms with Gasteiger partial charge in [0, 0.05) is 18.7 Å². The summed E-state index contributed by atoms with van der Waals surface area (Å²) in [6, 6.07) is 17.6. The number of benzene rings is 2. The fourth-order valence-corrected chi connectivity index (χ4v) is 3.38. The van der Waals surface area contributed by atoms with Crippen LogP contribution < -0.4 is 4.74 Å². The number of aromatic amines is 1. The molecule has 5 heteroatoms. The highest BCUT2D eigenvalue weighted by atomic mass is 16.5. The molecule has 1 atom stereocenters. The number of carbonyl (C=O) groups is 1. The van der Waals surface area contributed by atoms with E-state index in [4.69, 9.17) is 4.74 Å². The van der Waals surface area contributed by atoms with Gasteiger partial charge in [-0.25, -0.2) is 4.98 Å². The van der Waals surface area contributed by atoms with Crippen molar-refractivity contribution >= 4 is 5.91 Å². The van der Waals surface area contributed by atoms with E-state index in [1.54, 1.807) is 6.33 Å². The molecule has 0 spiro atoms. The average molecular weight is 347 g/mol. The van der Waals surface area contributed by atoms with Gasteiger partial charge in [-0.15, -0.1) is 0 Å². The maximum absolute atomic E-state index is 12.9. The van der Waals surface area contributed by atoms with E-state index >= 15 is 0 Å². The molecule has 0 saturated heterocycles. The summed E-state index contributed by atoms with van der Waals surface area (Å²) in [5.74, 6) is 0.672. The molecule has 0 aliphatic carbocycles. The lowest BCUT2D eigenvalue weighted by Crippen LogP contribution is -2.43. The molecule has 26 heavy (non-hydrogen) atoms. The monoisotopic (exact) mass is 347 g/mol. The summed E-state index contributed by atoms with van der Waals surface area (Å²) in [6.07, 6.45) is 2.48. The van der Waals surface area contributed by atoms with E-state index in [9.17, 15) is 4.79 Å². The van der Waals surface area contributed by atoms with Gasteiger partial charge < -0.3 is 14.6 Å². The molecule has 1 aliphatic heterocycles. The van der Waals surface area contributed by atoms with E-state index in [-0.39, 0.29) is 18.6 Å². The third kappa shape index (κ3) is 3.20. The molecule has 0 bridgehead atoms. The predicted molar refractivity (Wildman–Crippen MR) is 99.0 cm³/mol. The van der Waals surface area contributed by atoms with Gasteiger partial charge in [0.05, 0.1) is 12.0 Å². The first-order valence-electron chi connectivity index (χ1n) is 8.78. The van der Waals surface area contributed by atoms with E-state index in [1.807, 2.05) is 66.4 Å². The highest BCUT2D eigenvalue weighted by molar-refractivity contribution is 5.79. The molecule has 4 rings (SSSR count). The molecule has 3 aromatic rings. The molecule has 1 aromatic heterocycles. The second-order valence-corrected chi connectivity index (χ2v) is 6.52. The number of H-pyrrole nitrogens is 1. The van der Waals surface area contributed by atoms with Crippen molar-refractivity contribution < 1.29 is 9.53 Å². The normalized spacial score (nSPS) is 16.2. The van der Waals surface area contributed by atoms with Gasteiger partial charge in [0.2, 0.25) is 0 Å². The van der Waals surface area contributed by atoms with Crippen LogP contribution in [0.4, 0.5) is 0 Å². The zero-order chi connectivity index (χ0) is 17.9. The number of imidazole rings is 1. The maximum Gasteiger partial charge on any atom is 0.261 e. The van der Waals surface area contributed by atoms with Crippen molar-refractivity contribution in [2.24, 2.45) is 0 Å². The van der Waals surface area contributed by atoms with E-state index in [0.29, 0.717) is 12.3 Å². The molecule has 2 aromatic carbocycles. The Morgan fingerprint density at radius 1 is 1.19 bits per heavy atom. The predicted octanol–water partition coefficient (Wildman–Crippen LogP) is 3.27. The quantitative estimate of drug-likeness (QED) is 0.788. The molecule has 1 N–H and O–H groups in total. The van der Waals surface area contributed by atoms with E-state index < -0.39 is 0 Å². The molecule has 2 heterocycles. The number of hydrogen-bond donors (Lipinski definition) is 1. The largest absolute Gasteiger partial charge is 0.484 e. The van der Waals surface area contributed by atoms with Crippen molar-refractivity contribution in [2.75, 3.05) is 13.2 Å². The Morgan fingerprint density at radius 3 is 2.73 bits per heavy atom. The third-order valence-corrected chi connectivity index (χ3v) is 4.74. The number of nitrogens with zero attached hydrogens (tertiary/aromatic N) is 2. The van der Waals surface area contributed by atoms with Gasteiger partial charge in [-0.3, -0.25) is 4.79 Å². The molecular formula is C21H21N3O2. The number of carbonyl (C=O) groups excluding carboxylic acids is 1. The van der Waals surface area contributed by atoms with Gasteiger partial charge in [0.1, 0.15) is 11.8 Å². The zero-order valence-electron chi connectivity index (χ0n) is 14.7. The van der Waals surface area contributed by atoms with E-state index in [1.165, 1.54) is 0 Å². The summed E-state index contributed by atoms with van der Waals surface area (Å²) < 4.78 is 5.71. The summed E-state index contributed by atoms with van der Waals surface area (Å²) in [5.41, 5.74) is 4.24. The summed E-state index contributed by atoms with van der Waals surface area (Å²) in [4.78, 5) is 22.5. The number of aromatic nitrogens is 2. The van der Waals surface area contributed by atoms with Crippen molar-refractivity contribution in [3.63, 3.8) is 0 Å². The fourth-order valence-electron chi connectivity index (χ4n) is 3.38. The van der Waals surface area contributed by atoms with Crippen LogP contribution in [-0.2, 0) is 11.2 Å². The van der Waals surface area contributed by atoms with Crippen LogP contribution >= 0.6 is 0 Å². The van der Waals surface area contributed by atoms with Crippen LogP contribution in [0, 0.1) is 6.92 Å². The second-order valence-electron chi connectivity index (χ2n) is 6.52. The maximum atomic E-state index is 12.9. The Morgan fingerprint density at radius 2 is 1.96 bits per heavy atom. The van der Waals surface area contributed by atoms with Crippen molar-refractivity contribution in [1.82, 2.24) is 14.9 Å². The van der Waals surface area contributed by atoms with Crippen molar-refractivity contribution in [3.05, 3.63) is 83.4 Å². The SMILES string of the molecule is Cc1ccc(OCC(=O)N2CCc3[nH]cnc3C2c2ccccc2)cc1. The summed E-state index contributed by atoms with van der Waals surface area (Å²) >= 11 is 0. The van der Waals surface area contributed by atoms with Crippen molar-refractivity contribution in [2.45, 2.75) is 19.4 Å². The minimum Gasteiger partial charge on any atom is -0.484 e. The number of nitrogens with one attached hydrogen (secondary N) is 1. The topological polar surface area (TPSA) is 58.2 Å². The van der Waals surface area contributed by atoms with Crippen LogP contribution in [0.5, 0.6) is 5.75 Å². The second kappa shape index (κ2) is 7.04. The van der Waals surface area contributed by atoms with Crippen LogP contribution in [0.15, 0.2) is 60.9 Å². The van der Waals surface area contributed by atoms with Gasteiger partial charge in [-0.2, -0.15) is 0 Å². The van der Waals surface area contributed by atoms with Gasteiger partial charge in [-0.05, 0) is 24.6 Å². The zero-order valence-corrected chi connectivity index (χ0v) is 14.7. The molecule has 0 fully saturated rings. The summed E-state index contributed by atoms with van der Waals surface area (Å²) in [6.45, 7) is 2.69. The Hall–Kier alpha value is -3.08. The Bertz CT molecular complexity index is 887. The van der Waals surface area contributed by atoms with Crippen molar-refractivity contribution in [1.29, 1.82) is 0 Å². The highest BCUT2D eigenvalue weighted by Crippen LogP contribution is 2.33. The molecule has 1 unspecified atom stereocenters. The summed E-state index contributed by atoms with van der Waals surface area (Å²) in [5, 5.41) is 0. The van der Waals surface area contributed by atoms with E-state index in [2.05, 4.69) is 9.97 Å². The number of fused-ring (bicyclic) bond motifs is 1. The number of aryl methyl sites for hydroxylation is 1. The van der Waals surface area contributed by atoms with Crippen LogP contribution in [0.1, 0.15) is 28.6 Å². The molecule has 1 aliphatic rings. The third-order valence-electron chi connectivity index (χ3n) is 4.74. The van der Waals surface area contributed by atoms with Gasteiger partial charge in [-0.1, -0.05) is 48.0 Å². The number of rotatable bonds is 4. The molecular weight excluding hydrogens is 326 g/mol. The first-order valence-corrected chi connectivity index (χ1v) is 8.78. The first-order chi connectivity index (χ1) is 12.7. The summed E-state index contributed by atoms with van der Waals surface area (Å²) in [7, 11) is 0. The van der Waals surface area contributed by atoms with Crippen molar-refractivity contribution in [3.8, 4) is 5.75 Å². The lowest BCUT2D eigenvalue weighted by molar-refractivity contribution is -0.135. The molecule has 0 radical (unpaired) electrons. The van der Waals surface area contributed by atoms with Crippen LogP contribution in [0.2, 0.25) is 0 Å². The van der Waals surface area contributed by atoms with Gasteiger partial charge in [0.25, 0.3) is 5.91 Å². The minimum absolute atomic E-state index is 0.0200. The Balaban J connectivity index is 1.56. The smallest absolute Gasteiger partial charge is 0.261 e. The molecule has 0 saturated carbocycles. The lowest BCUT2D eigenvalue weighted by Gasteiger charge is -2.35. The Kier molecular flexibility index (Phi) is 4.44. The van der Waals surface area contributed by atoms with E-state index in [0.717, 1.165) is 28.9 Å². The molecule has 5 nitrogen and oxygen atoms in total. The standard InChI is InChI=1S/C21H21N3O2/c1-15-7-9-17(10-8-15)26-13-19(25)24-12-11-18-20(23-14-22-18)21(24)16-5-3-2-4-6-16/h2-10,14,21H,11-13H2,1H3,(H,22,23). The average Bonchev–Trinajstić information content (AvgIpc) is 3.16. The minimum atomic E-state index is -0.180. The number of hydrogen-bond acceptors (Lipinski definition) is 3.